The summed E-state index contributed by atoms with van der Waals surface area (Å²) in [5.74, 6) is 0.367. The van der Waals surface area contributed by atoms with E-state index < -0.39 is 16.6 Å². The van der Waals surface area contributed by atoms with E-state index in [0.29, 0.717) is 23.4 Å². The van der Waals surface area contributed by atoms with Crippen LogP contribution in [0, 0.1) is 0 Å². The molecule has 33 heavy (non-hydrogen) atoms. The van der Waals surface area contributed by atoms with E-state index in [9.17, 15) is 22.0 Å². The van der Waals surface area contributed by atoms with Gasteiger partial charge in [-0.25, -0.2) is 8.42 Å². The van der Waals surface area contributed by atoms with Crippen molar-refractivity contribution in [1.82, 2.24) is 0 Å². The lowest BCUT2D eigenvalue weighted by Crippen LogP contribution is -2.20. The smallest absolute Gasteiger partial charge is 0.387 e. The number of anilines is 2. The van der Waals surface area contributed by atoms with Crippen molar-refractivity contribution in [3.05, 3.63) is 66.2 Å². The summed E-state index contributed by atoms with van der Waals surface area (Å²) in [6.07, 6.45) is 0.715. The largest absolute Gasteiger partial charge is 0.497 e. The summed E-state index contributed by atoms with van der Waals surface area (Å²) < 4.78 is 64.0. The minimum Gasteiger partial charge on any atom is -0.497 e. The number of carbonyl (C=O) groups is 1. The van der Waals surface area contributed by atoms with Gasteiger partial charge in [-0.3, -0.25) is 9.52 Å². The highest BCUT2D eigenvalue weighted by atomic mass is 32.2. The number of ether oxygens (including phenoxy) is 2. The number of carbonyl (C=O) groups excluding carboxylic acids is 1. The van der Waals surface area contributed by atoms with Gasteiger partial charge in [0.1, 0.15) is 11.5 Å². The molecule has 0 bridgehead atoms. The number of hydrogen-bond donors (Lipinski definition) is 2. The maximum absolute atomic E-state index is 13.0. The van der Waals surface area contributed by atoms with Gasteiger partial charge in [0.05, 0.1) is 12.0 Å². The highest BCUT2D eigenvalue weighted by Crippen LogP contribution is 2.35. The highest BCUT2D eigenvalue weighted by Gasteiger charge is 2.21. The van der Waals surface area contributed by atoms with Gasteiger partial charge < -0.3 is 14.8 Å². The van der Waals surface area contributed by atoms with Crippen molar-refractivity contribution in [3.63, 3.8) is 0 Å². The second kappa shape index (κ2) is 9.07. The maximum Gasteiger partial charge on any atom is 0.387 e. The summed E-state index contributed by atoms with van der Waals surface area (Å²) in [4.78, 5) is 11.5. The third-order valence-electron chi connectivity index (χ3n) is 5.13. The molecule has 10 heteroatoms. The van der Waals surface area contributed by atoms with Crippen molar-refractivity contribution >= 4 is 27.3 Å². The average molecular weight is 474 g/mol. The van der Waals surface area contributed by atoms with Crippen LogP contribution in [-0.2, 0) is 21.2 Å². The molecule has 0 spiro atoms. The summed E-state index contributed by atoms with van der Waals surface area (Å²) in [6.45, 7) is -3.04. The number of hydrogen-bond acceptors (Lipinski definition) is 5. The Hall–Kier alpha value is -3.66. The molecule has 0 saturated heterocycles. The van der Waals surface area contributed by atoms with Gasteiger partial charge in [0.15, 0.2) is 0 Å². The monoisotopic (exact) mass is 474 g/mol. The second-order valence-electron chi connectivity index (χ2n) is 7.29. The van der Waals surface area contributed by atoms with Crippen LogP contribution in [0.5, 0.6) is 11.5 Å². The number of rotatable bonds is 7. The molecule has 3 aromatic carbocycles. The lowest BCUT2D eigenvalue weighted by Gasteiger charge is -2.18. The Morgan fingerprint density at radius 3 is 2.45 bits per heavy atom. The summed E-state index contributed by atoms with van der Waals surface area (Å²) >= 11 is 0. The van der Waals surface area contributed by atoms with Gasteiger partial charge in [-0.1, -0.05) is 12.1 Å². The summed E-state index contributed by atoms with van der Waals surface area (Å²) in [5.41, 5.74) is 2.30. The SMILES string of the molecule is COc1ccc(-c2cc(NS(=O)(=O)c3ccc4c(c3)CCC(=O)N4)ccc2OC(F)F)cc1. The van der Waals surface area contributed by atoms with Gasteiger partial charge in [-0.2, -0.15) is 8.78 Å². The summed E-state index contributed by atoms with van der Waals surface area (Å²) in [5, 5.41) is 2.71. The van der Waals surface area contributed by atoms with Crippen molar-refractivity contribution in [2.75, 3.05) is 17.1 Å². The van der Waals surface area contributed by atoms with Gasteiger partial charge in [-0.15, -0.1) is 0 Å². The quantitative estimate of drug-likeness (QED) is 0.520. The molecule has 1 aliphatic heterocycles. The topological polar surface area (TPSA) is 93.7 Å². The predicted octanol–water partition coefficient (Wildman–Crippen LogP) is 4.65. The fraction of sp³-hybridized carbons (Fsp3) is 0.174. The Morgan fingerprint density at radius 2 is 1.76 bits per heavy atom. The van der Waals surface area contributed by atoms with E-state index in [2.05, 4.69) is 14.8 Å². The minimum absolute atomic E-state index is 0.0244. The van der Waals surface area contributed by atoms with E-state index in [1.54, 1.807) is 30.3 Å². The first-order chi connectivity index (χ1) is 15.7. The van der Waals surface area contributed by atoms with Crippen molar-refractivity contribution < 1.29 is 31.5 Å². The Kier molecular flexibility index (Phi) is 6.19. The standard InChI is InChI=1S/C23H20F2N2O5S/c1-31-17-6-2-14(3-7-17)19-13-16(5-10-21(19)32-23(24)25)27-33(29,30)18-8-9-20-15(12-18)4-11-22(28)26-20/h2-3,5-10,12-13,23,27H,4,11H2,1H3,(H,26,28). The van der Waals surface area contributed by atoms with Crippen LogP contribution in [0.4, 0.5) is 20.2 Å². The van der Waals surface area contributed by atoms with E-state index in [1.807, 2.05) is 0 Å². The van der Waals surface area contributed by atoms with E-state index in [4.69, 9.17) is 4.74 Å². The highest BCUT2D eigenvalue weighted by molar-refractivity contribution is 7.92. The third-order valence-corrected chi connectivity index (χ3v) is 6.51. The van der Waals surface area contributed by atoms with Crippen molar-refractivity contribution in [2.24, 2.45) is 0 Å². The van der Waals surface area contributed by atoms with E-state index in [0.717, 1.165) is 5.56 Å². The first kappa shape index (κ1) is 22.5. The molecule has 3 aromatic rings. The lowest BCUT2D eigenvalue weighted by atomic mass is 10.0. The molecule has 0 fully saturated rings. The van der Waals surface area contributed by atoms with Crippen LogP contribution in [0.2, 0.25) is 0 Å². The molecule has 4 rings (SSSR count). The van der Waals surface area contributed by atoms with Crippen molar-refractivity contribution in [1.29, 1.82) is 0 Å². The number of benzene rings is 3. The molecule has 172 valence electrons. The first-order valence-electron chi connectivity index (χ1n) is 9.94. The molecule has 0 atom stereocenters. The van der Waals surface area contributed by atoms with Gasteiger partial charge in [0.25, 0.3) is 10.0 Å². The van der Waals surface area contributed by atoms with Gasteiger partial charge in [-0.05, 0) is 66.1 Å². The van der Waals surface area contributed by atoms with E-state index >= 15 is 0 Å². The molecule has 0 radical (unpaired) electrons. The maximum atomic E-state index is 13.0. The normalized spacial score (nSPS) is 13.3. The van der Waals surface area contributed by atoms with Gasteiger partial charge in [0, 0.05) is 23.4 Å². The molecular formula is C23H20F2N2O5S. The number of alkyl halides is 2. The van der Waals surface area contributed by atoms with Crippen LogP contribution in [0.15, 0.2) is 65.6 Å². The minimum atomic E-state index is -3.98. The lowest BCUT2D eigenvalue weighted by molar-refractivity contribution is -0.116. The number of halogens is 2. The summed E-state index contributed by atoms with van der Waals surface area (Å²) in [7, 11) is -2.47. The fourth-order valence-corrected chi connectivity index (χ4v) is 4.63. The number of sulfonamides is 1. The van der Waals surface area contributed by atoms with Gasteiger partial charge in [0.2, 0.25) is 5.91 Å². The van der Waals surface area contributed by atoms with E-state index in [-0.39, 0.29) is 34.2 Å². The average Bonchev–Trinajstić information content (AvgIpc) is 2.79. The van der Waals surface area contributed by atoms with Crippen molar-refractivity contribution in [3.8, 4) is 22.6 Å². The molecule has 2 N–H and O–H groups in total. The fourth-order valence-electron chi connectivity index (χ4n) is 3.53. The van der Waals surface area contributed by atoms with Crippen LogP contribution >= 0.6 is 0 Å². The van der Waals surface area contributed by atoms with Crippen LogP contribution in [-0.4, -0.2) is 28.0 Å². The van der Waals surface area contributed by atoms with Crippen LogP contribution < -0.4 is 19.5 Å². The molecule has 7 nitrogen and oxygen atoms in total. The number of amides is 1. The van der Waals surface area contributed by atoms with Crippen LogP contribution in [0.1, 0.15) is 12.0 Å². The molecule has 1 amide bonds. The molecule has 0 unspecified atom stereocenters. The predicted molar refractivity (Wildman–Crippen MR) is 119 cm³/mol. The number of methoxy groups -OCH3 is 1. The number of nitrogens with one attached hydrogen (secondary N) is 2. The molecule has 1 aliphatic rings. The number of fused-ring (bicyclic) bond motifs is 1. The molecule has 0 saturated carbocycles. The Morgan fingerprint density at radius 1 is 1.00 bits per heavy atom. The third kappa shape index (κ3) is 5.06. The summed E-state index contributed by atoms with van der Waals surface area (Å²) in [6, 6.07) is 15.1. The molecule has 1 heterocycles. The Balaban J connectivity index is 1.66. The zero-order valence-electron chi connectivity index (χ0n) is 17.5. The van der Waals surface area contributed by atoms with Crippen LogP contribution in [0.3, 0.4) is 0 Å². The van der Waals surface area contributed by atoms with Crippen LogP contribution in [0.25, 0.3) is 11.1 Å². The second-order valence-corrected chi connectivity index (χ2v) is 8.97. The zero-order chi connectivity index (χ0) is 23.6. The molecule has 0 aromatic heterocycles. The number of aryl methyl sites for hydroxylation is 1. The van der Waals surface area contributed by atoms with Gasteiger partial charge >= 0.3 is 6.61 Å². The zero-order valence-corrected chi connectivity index (χ0v) is 18.3. The van der Waals surface area contributed by atoms with Crippen molar-refractivity contribution in [2.45, 2.75) is 24.3 Å². The van der Waals surface area contributed by atoms with E-state index in [1.165, 1.54) is 37.4 Å². The Bertz CT molecular complexity index is 1290. The molecule has 0 aliphatic carbocycles. The Labute approximate surface area is 189 Å². The molecular weight excluding hydrogens is 454 g/mol. The first-order valence-corrected chi connectivity index (χ1v) is 11.4.